The lowest BCUT2D eigenvalue weighted by atomic mass is 9.84. The minimum absolute atomic E-state index is 0.154. The summed E-state index contributed by atoms with van der Waals surface area (Å²) in [4.78, 5) is 24.9. The van der Waals surface area contributed by atoms with Crippen molar-refractivity contribution in [3.05, 3.63) is 0 Å². The highest BCUT2D eigenvalue weighted by atomic mass is 16.4. The maximum atomic E-state index is 12.1. The van der Waals surface area contributed by atoms with Gasteiger partial charge < -0.3 is 15.3 Å². The summed E-state index contributed by atoms with van der Waals surface area (Å²) in [7, 11) is 1.76. The molecule has 0 aromatic heterocycles. The number of nitrogens with zero attached hydrogens (tertiary/aromatic N) is 1. The Kier molecular flexibility index (Phi) is 6.12. The van der Waals surface area contributed by atoms with Crippen molar-refractivity contribution in [3.63, 3.8) is 0 Å². The largest absolute Gasteiger partial charge is 0.481 e. The third kappa shape index (κ3) is 4.73. The van der Waals surface area contributed by atoms with Crippen LogP contribution in [0.25, 0.3) is 0 Å². The van der Waals surface area contributed by atoms with Gasteiger partial charge in [0.1, 0.15) is 0 Å². The van der Waals surface area contributed by atoms with Gasteiger partial charge in [-0.2, -0.15) is 0 Å². The summed E-state index contributed by atoms with van der Waals surface area (Å²) in [5.41, 5.74) is 0. The Hall–Kier alpha value is -1.26. The Labute approximate surface area is 115 Å². The van der Waals surface area contributed by atoms with E-state index < -0.39 is 11.9 Å². The van der Waals surface area contributed by atoms with Crippen LogP contribution in [0.2, 0.25) is 0 Å². The molecule has 0 aliphatic heterocycles. The van der Waals surface area contributed by atoms with Crippen LogP contribution in [0.15, 0.2) is 0 Å². The molecule has 0 spiro atoms. The normalized spacial score (nSPS) is 24.6. The summed E-state index contributed by atoms with van der Waals surface area (Å²) < 4.78 is 0. The van der Waals surface area contributed by atoms with Gasteiger partial charge in [-0.3, -0.25) is 4.79 Å². The number of aliphatic carboxylic acids is 1. The molecule has 2 N–H and O–H groups in total. The van der Waals surface area contributed by atoms with E-state index in [-0.39, 0.29) is 12.1 Å². The second kappa shape index (κ2) is 7.36. The van der Waals surface area contributed by atoms with Crippen LogP contribution < -0.4 is 5.32 Å². The Balaban J connectivity index is 2.51. The van der Waals surface area contributed by atoms with Crippen molar-refractivity contribution < 1.29 is 14.7 Å². The molecule has 19 heavy (non-hydrogen) atoms. The van der Waals surface area contributed by atoms with Crippen molar-refractivity contribution in [1.82, 2.24) is 10.2 Å². The third-order valence-electron chi connectivity index (χ3n) is 4.02. The minimum Gasteiger partial charge on any atom is -0.481 e. The van der Waals surface area contributed by atoms with Gasteiger partial charge in [0.2, 0.25) is 0 Å². The topological polar surface area (TPSA) is 69.6 Å². The molecule has 5 nitrogen and oxygen atoms in total. The maximum absolute atomic E-state index is 12.1. The number of carbonyl (C=O) groups excluding carboxylic acids is 1. The van der Waals surface area contributed by atoms with Crippen LogP contribution in [-0.4, -0.2) is 41.6 Å². The van der Waals surface area contributed by atoms with Crippen LogP contribution >= 0.6 is 0 Å². The summed E-state index contributed by atoms with van der Waals surface area (Å²) in [6.07, 6.45) is 4.38. The van der Waals surface area contributed by atoms with Gasteiger partial charge in [0.15, 0.2) is 0 Å². The van der Waals surface area contributed by atoms with E-state index in [1.165, 1.54) is 0 Å². The monoisotopic (exact) mass is 270 g/mol. The van der Waals surface area contributed by atoms with Crippen LogP contribution in [-0.2, 0) is 4.79 Å². The van der Waals surface area contributed by atoms with Crippen molar-refractivity contribution in [2.75, 3.05) is 13.6 Å². The molecule has 1 fully saturated rings. The summed E-state index contributed by atoms with van der Waals surface area (Å²) in [5.74, 6) is -0.776. The highest BCUT2D eigenvalue weighted by molar-refractivity contribution is 5.76. The van der Waals surface area contributed by atoms with Crippen molar-refractivity contribution in [1.29, 1.82) is 0 Å². The number of carbonyl (C=O) groups is 2. The zero-order valence-corrected chi connectivity index (χ0v) is 12.2. The quantitative estimate of drug-likeness (QED) is 0.805. The number of urea groups is 1. The van der Waals surface area contributed by atoms with E-state index in [0.29, 0.717) is 18.9 Å². The molecule has 1 aliphatic carbocycles. The summed E-state index contributed by atoms with van der Waals surface area (Å²) >= 11 is 0. The molecule has 0 bridgehead atoms. The molecule has 0 aromatic carbocycles. The summed E-state index contributed by atoms with van der Waals surface area (Å²) in [6, 6.07) is -0.378. The smallest absolute Gasteiger partial charge is 0.317 e. The van der Waals surface area contributed by atoms with Gasteiger partial charge in [-0.25, -0.2) is 4.79 Å². The molecular weight excluding hydrogens is 244 g/mol. The Morgan fingerprint density at radius 2 is 2.00 bits per heavy atom. The average Bonchev–Trinajstić information content (AvgIpc) is 2.38. The predicted molar refractivity (Wildman–Crippen MR) is 74.0 cm³/mol. The summed E-state index contributed by atoms with van der Waals surface area (Å²) in [6.45, 7) is 4.90. The molecule has 0 radical (unpaired) electrons. The molecule has 1 aliphatic rings. The SMILES string of the molecule is CCC(C)CN(C)C(=O)NC1CCCCC1C(=O)O. The van der Waals surface area contributed by atoms with E-state index in [0.717, 1.165) is 25.7 Å². The fraction of sp³-hybridized carbons (Fsp3) is 0.857. The van der Waals surface area contributed by atoms with Crippen LogP contribution in [0.3, 0.4) is 0 Å². The van der Waals surface area contributed by atoms with Gasteiger partial charge in [-0.1, -0.05) is 33.1 Å². The van der Waals surface area contributed by atoms with Crippen molar-refractivity contribution >= 4 is 12.0 Å². The first kappa shape index (κ1) is 15.8. The van der Waals surface area contributed by atoms with Crippen LogP contribution in [0.4, 0.5) is 4.79 Å². The number of carboxylic acid groups (broad SMARTS) is 1. The van der Waals surface area contributed by atoms with Crippen molar-refractivity contribution in [2.45, 2.75) is 52.0 Å². The highest BCUT2D eigenvalue weighted by Gasteiger charge is 2.32. The van der Waals surface area contributed by atoms with Crippen molar-refractivity contribution in [3.8, 4) is 0 Å². The van der Waals surface area contributed by atoms with E-state index >= 15 is 0 Å². The second-order valence-electron chi connectivity index (χ2n) is 5.68. The number of hydrogen-bond donors (Lipinski definition) is 2. The van der Waals surface area contributed by atoms with E-state index in [1.54, 1.807) is 11.9 Å². The molecule has 0 saturated heterocycles. The molecule has 2 amide bonds. The molecule has 3 unspecified atom stereocenters. The predicted octanol–water partition coefficient (Wildman–Crippen LogP) is 2.32. The minimum atomic E-state index is -0.797. The van der Waals surface area contributed by atoms with E-state index in [1.807, 2.05) is 0 Å². The zero-order chi connectivity index (χ0) is 14.4. The highest BCUT2D eigenvalue weighted by Crippen LogP contribution is 2.24. The first-order valence-corrected chi connectivity index (χ1v) is 7.20. The molecule has 1 rings (SSSR count). The van der Waals surface area contributed by atoms with E-state index in [4.69, 9.17) is 0 Å². The number of nitrogens with one attached hydrogen (secondary N) is 1. The van der Waals surface area contributed by atoms with Gasteiger partial charge in [-0.15, -0.1) is 0 Å². The second-order valence-corrected chi connectivity index (χ2v) is 5.68. The van der Waals surface area contributed by atoms with E-state index in [9.17, 15) is 14.7 Å². The number of carboxylic acids is 1. The van der Waals surface area contributed by atoms with Crippen LogP contribution in [0.5, 0.6) is 0 Å². The maximum Gasteiger partial charge on any atom is 0.317 e. The standard InChI is InChI=1S/C14H26N2O3/c1-4-10(2)9-16(3)14(19)15-12-8-6-5-7-11(12)13(17)18/h10-12H,4-9H2,1-3H3,(H,15,19)(H,17,18). The van der Waals surface area contributed by atoms with Gasteiger partial charge in [0.25, 0.3) is 0 Å². The first-order valence-electron chi connectivity index (χ1n) is 7.20. The lowest BCUT2D eigenvalue weighted by molar-refractivity contribution is -0.143. The average molecular weight is 270 g/mol. The Morgan fingerprint density at radius 3 is 2.58 bits per heavy atom. The van der Waals surface area contributed by atoms with Gasteiger partial charge in [-0.05, 0) is 18.8 Å². The van der Waals surface area contributed by atoms with Gasteiger partial charge >= 0.3 is 12.0 Å². The lowest BCUT2D eigenvalue weighted by Crippen LogP contribution is -2.49. The van der Waals surface area contributed by atoms with Crippen LogP contribution in [0.1, 0.15) is 46.0 Å². The molecule has 1 saturated carbocycles. The van der Waals surface area contributed by atoms with Gasteiger partial charge in [0, 0.05) is 19.6 Å². The molecule has 5 heteroatoms. The molecule has 0 heterocycles. The molecular formula is C14H26N2O3. The third-order valence-corrected chi connectivity index (χ3v) is 4.02. The molecule has 0 aromatic rings. The zero-order valence-electron chi connectivity index (χ0n) is 12.2. The number of amides is 2. The number of rotatable bonds is 5. The Morgan fingerprint density at radius 1 is 1.37 bits per heavy atom. The van der Waals surface area contributed by atoms with Gasteiger partial charge in [0.05, 0.1) is 5.92 Å². The fourth-order valence-electron chi connectivity index (χ4n) is 2.55. The van der Waals surface area contributed by atoms with E-state index in [2.05, 4.69) is 19.2 Å². The van der Waals surface area contributed by atoms with Crippen LogP contribution in [0, 0.1) is 11.8 Å². The first-order chi connectivity index (χ1) is 8.95. The van der Waals surface area contributed by atoms with Crippen molar-refractivity contribution in [2.24, 2.45) is 11.8 Å². The molecule has 110 valence electrons. The molecule has 3 atom stereocenters. The lowest BCUT2D eigenvalue weighted by Gasteiger charge is -2.31. The Bertz CT molecular complexity index is 320. The number of hydrogen-bond acceptors (Lipinski definition) is 2. The summed E-state index contributed by atoms with van der Waals surface area (Å²) in [5, 5.41) is 12.1. The fourth-order valence-corrected chi connectivity index (χ4v) is 2.55.